The van der Waals surface area contributed by atoms with Gasteiger partial charge in [-0.3, -0.25) is 9.59 Å². The normalized spacial score (nSPS) is 20.8. The number of anilines is 1. The zero-order chi connectivity index (χ0) is 16.7. The van der Waals surface area contributed by atoms with Gasteiger partial charge in [0.05, 0.1) is 32.7 Å². The van der Waals surface area contributed by atoms with Gasteiger partial charge in [0.15, 0.2) is 0 Å². The number of nitrogens with one attached hydrogen (secondary N) is 2. The van der Waals surface area contributed by atoms with Crippen molar-refractivity contribution in [1.82, 2.24) is 0 Å². The van der Waals surface area contributed by atoms with Crippen LogP contribution in [-0.2, 0) is 14.3 Å². The van der Waals surface area contributed by atoms with Crippen LogP contribution in [0, 0.1) is 12.8 Å². The molecule has 1 heterocycles. The lowest BCUT2D eigenvalue weighted by Gasteiger charge is -2.28. The number of quaternary nitrogens is 1. The number of ether oxygens (including phenoxy) is 1. The van der Waals surface area contributed by atoms with Gasteiger partial charge >= 0.3 is 5.97 Å². The van der Waals surface area contributed by atoms with Crippen LogP contribution in [-0.4, -0.2) is 38.1 Å². The number of esters is 1. The van der Waals surface area contributed by atoms with Crippen LogP contribution in [0.25, 0.3) is 0 Å². The minimum Gasteiger partial charge on any atom is -0.466 e. The Morgan fingerprint density at radius 3 is 2.96 bits per heavy atom. The van der Waals surface area contributed by atoms with Crippen LogP contribution in [0.1, 0.15) is 31.7 Å². The second-order valence-electron chi connectivity index (χ2n) is 6.21. The third-order valence-electron chi connectivity index (χ3n) is 4.25. The highest BCUT2D eigenvalue weighted by Gasteiger charge is 2.29. The van der Waals surface area contributed by atoms with Gasteiger partial charge in [-0.2, -0.15) is 0 Å². The van der Waals surface area contributed by atoms with Crippen molar-refractivity contribution in [2.75, 3.05) is 31.6 Å². The summed E-state index contributed by atoms with van der Waals surface area (Å²) in [6.45, 7) is 6.82. The standard InChI is InChI=1S/C18H26N2O3/c1-3-23-18(22)15-7-5-10-20(13-15)11-9-17(21)19-16-8-4-6-14(2)12-16/h4,6,8,12,15H,3,5,7,9-11,13H2,1-2H3,(H,19,21)/p+1/t15-/m1/s1. The summed E-state index contributed by atoms with van der Waals surface area (Å²) >= 11 is 0. The van der Waals surface area contributed by atoms with Crippen molar-refractivity contribution in [2.45, 2.75) is 33.1 Å². The summed E-state index contributed by atoms with van der Waals surface area (Å²) in [5.41, 5.74) is 1.97. The summed E-state index contributed by atoms with van der Waals surface area (Å²) in [7, 11) is 0. The second kappa shape index (κ2) is 8.67. The van der Waals surface area contributed by atoms with Crippen LogP contribution in [0.3, 0.4) is 0 Å². The van der Waals surface area contributed by atoms with Gasteiger partial charge in [-0.15, -0.1) is 0 Å². The molecule has 2 rings (SSSR count). The SMILES string of the molecule is CCOC(=O)[C@@H]1CCC[NH+](CCC(=O)Nc2cccc(C)c2)C1. The quantitative estimate of drug-likeness (QED) is 0.774. The molecule has 1 aliphatic heterocycles. The molecule has 1 amide bonds. The van der Waals surface area contributed by atoms with Crippen LogP contribution >= 0.6 is 0 Å². The molecular formula is C18H27N2O3+. The maximum atomic E-state index is 12.1. The Kier molecular flexibility index (Phi) is 6.59. The lowest BCUT2D eigenvalue weighted by Crippen LogP contribution is -3.13. The molecule has 1 aromatic carbocycles. The maximum absolute atomic E-state index is 12.1. The first-order valence-corrected chi connectivity index (χ1v) is 8.45. The van der Waals surface area contributed by atoms with Gasteiger partial charge in [0, 0.05) is 5.69 Å². The minimum atomic E-state index is -0.0890. The summed E-state index contributed by atoms with van der Waals surface area (Å²) in [6, 6.07) is 7.80. The van der Waals surface area contributed by atoms with E-state index in [2.05, 4.69) is 5.32 Å². The van der Waals surface area contributed by atoms with Crippen molar-refractivity contribution in [3.8, 4) is 0 Å². The van der Waals surface area contributed by atoms with Crippen molar-refractivity contribution in [1.29, 1.82) is 0 Å². The third-order valence-corrected chi connectivity index (χ3v) is 4.25. The highest BCUT2D eigenvalue weighted by atomic mass is 16.5. The number of aryl methyl sites for hydroxylation is 1. The molecule has 1 saturated heterocycles. The van der Waals surface area contributed by atoms with Gasteiger partial charge in [-0.1, -0.05) is 12.1 Å². The minimum absolute atomic E-state index is 0.0152. The molecule has 23 heavy (non-hydrogen) atoms. The topological polar surface area (TPSA) is 59.8 Å². The van der Waals surface area contributed by atoms with E-state index < -0.39 is 0 Å². The van der Waals surface area contributed by atoms with Gasteiger partial charge in [0.2, 0.25) is 5.91 Å². The Bertz CT molecular complexity index is 545. The summed E-state index contributed by atoms with van der Waals surface area (Å²) in [6.07, 6.45) is 2.38. The molecule has 1 aromatic rings. The molecule has 5 nitrogen and oxygen atoms in total. The first-order chi connectivity index (χ1) is 11.1. The monoisotopic (exact) mass is 319 g/mol. The predicted molar refractivity (Wildman–Crippen MR) is 89.3 cm³/mol. The number of hydrogen-bond donors (Lipinski definition) is 2. The molecule has 0 spiro atoms. The summed E-state index contributed by atoms with van der Waals surface area (Å²) in [4.78, 5) is 25.2. The first kappa shape index (κ1) is 17.5. The van der Waals surface area contributed by atoms with E-state index in [9.17, 15) is 9.59 Å². The fraction of sp³-hybridized carbons (Fsp3) is 0.556. The second-order valence-corrected chi connectivity index (χ2v) is 6.21. The molecule has 1 fully saturated rings. The fourth-order valence-electron chi connectivity index (χ4n) is 3.08. The Morgan fingerprint density at radius 2 is 2.22 bits per heavy atom. The zero-order valence-electron chi connectivity index (χ0n) is 14.1. The van der Waals surface area contributed by atoms with Crippen LogP contribution in [0.2, 0.25) is 0 Å². The molecule has 0 aliphatic carbocycles. The zero-order valence-corrected chi connectivity index (χ0v) is 14.1. The van der Waals surface area contributed by atoms with E-state index in [1.165, 1.54) is 4.90 Å². The molecular weight excluding hydrogens is 292 g/mol. The van der Waals surface area contributed by atoms with Crippen LogP contribution < -0.4 is 10.2 Å². The van der Waals surface area contributed by atoms with E-state index in [1.54, 1.807) is 0 Å². The van der Waals surface area contributed by atoms with Crippen molar-refractivity contribution < 1.29 is 19.2 Å². The number of piperidine rings is 1. The fourth-order valence-corrected chi connectivity index (χ4v) is 3.08. The van der Waals surface area contributed by atoms with Crippen molar-refractivity contribution in [2.24, 2.45) is 5.92 Å². The van der Waals surface area contributed by atoms with E-state index in [4.69, 9.17) is 4.74 Å². The highest BCUT2D eigenvalue weighted by molar-refractivity contribution is 5.90. The Balaban J connectivity index is 1.76. The van der Waals surface area contributed by atoms with Crippen LogP contribution in [0.4, 0.5) is 5.69 Å². The van der Waals surface area contributed by atoms with Crippen LogP contribution in [0.15, 0.2) is 24.3 Å². The number of carbonyl (C=O) groups is 2. The highest BCUT2D eigenvalue weighted by Crippen LogP contribution is 2.11. The van der Waals surface area contributed by atoms with Gasteiger partial charge < -0.3 is 15.0 Å². The van der Waals surface area contributed by atoms with E-state index in [-0.39, 0.29) is 17.8 Å². The van der Waals surface area contributed by atoms with Crippen molar-refractivity contribution >= 4 is 17.6 Å². The number of benzene rings is 1. The number of rotatable bonds is 6. The summed E-state index contributed by atoms with van der Waals surface area (Å²) in [5, 5.41) is 2.93. The first-order valence-electron chi connectivity index (χ1n) is 8.45. The average molecular weight is 319 g/mol. The average Bonchev–Trinajstić information content (AvgIpc) is 2.53. The number of amides is 1. The van der Waals surface area contributed by atoms with E-state index >= 15 is 0 Å². The molecule has 1 unspecified atom stereocenters. The smallest absolute Gasteiger partial charge is 0.314 e. The predicted octanol–water partition coefficient (Wildman–Crippen LogP) is 1.18. The lowest BCUT2D eigenvalue weighted by atomic mass is 9.98. The van der Waals surface area contributed by atoms with Crippen molar-refractivity contribution in [3.63, 3.8) is 0 Å². The van der Waals surface area contributed by atoms with Crippen molar-refractivity contribution in [3.05, 3.63) is 29.8 Å². The largest absolute Gasteiger partial charge is 0.466 e. The molecule has 0 radical (unpaired) electrons. The summed E-state index contributed by atoms with van der Waals surface area (Å²) in [5.74, 6) is -0.0752. The summed E-state index contributed by atoms with van der Waals surface area (Å²) < 4.78 is 5.11. The Labute approximate surface area is 138 Å². The molecule has 2 atom stereocenters. The number of likely N-dealkylation sites (tertiary alicyclic amines) is 1. The lowest BCUT2D eigenvalue weighted by molar-refractivity contribution is -0.906. The number of hydrogen-bond acceptors (Lipinski definition) is 3. The van der Waals surface area contributed by atoms with Gasteiger partial charge in [-0.25, -0.2) is 0 Å². The molecule has 2 N–H and O–H groups in total. The van der Waals surface area contributed by atoms with Gasteiger partial charge in [0.25, 0.3) is 0 Å². The third kappa shape index (κ3) is 5.67. The van der Waals surface area contributed by atoms with Gasteiger partial charge in [-0.05, 0) is 44.4 Å². The van der Waals surface area contributed by atoms with E-state index in [0.717, 1.165) is 43.7 Å². The maximum Gasteiger partial charge on any atom is 0.314 e. The molecule has 0 bridgehead atoms. The Morgan fingerprint density at radius 1 is 1.39 bits per heavy atom. The number of carbonyl (C=O) groups excluding carboxylic acids is 2. The van der Waals surface area contributed by atoms with Gasteiger partial charge in [0.1, 0.15) is 5.92 Å². The molecule has 5 heteroatoms. The molecule has 0 saturated carbocycles. The van der Waals surface area contributed by atoms with E-state index in [1.807, 2.05) is 38.1 Å². The Hall–Kier alpha value is -1.88. The molecule has 0 aromatic heterocycles. The molecule has 126 valence electrons. The van der Waals surface area contributed by atoms with Crippen LogP contribution in [0.5, 0.6) is 0 Å². The molecule has 1 aliphatic rings. The van der Waals surface area contributed by atoms with E-state index in [0.29, 0.717) is 13.0 Å².